The first-order valence-corrected chi connectivity index (χ1v) is 11.9. The first-order valence-electron chi connectivity index (χ1n) is 8.51. The maximum absolute atomic E-state index is 12.5. The Balaban J connectivity index is 4.34. The molecule has 0 aromatic carbocycles. The molecular weight excluding hydrogens is 473 g/mol. The lowest BCUT2D eigenvalue weighted by Gasteiger charge is -2.29. The summed E-state index contributed by atoms with van der Waals surface area (Å²) in [5, 5.41) is 16.8. The van der Waals surface area contributed by atoms with Crippen molar-refractivity contribution in [1.82, 2.24) is 16.0 Å². The minimum Gasteiger partial charge on any atom is -0.481 e. The number of carbonyl (C=O) groups excluding carboxylic acids is 3. The number of amides is 3. The number of unbranched alkanes of at least 4 members (excludes halogenated alkanes) is 1. The Morgan fingerprint density at radius 1 is 1.19 bits per heavy atom. The molecule has 0 aliphatic carbocycles. The Hall–Kier alpha value is -1.04. The van der Waals surface area contributed by atoms with Gasteiger partial charge in [-0.15, -0.1) is 0 Å². The van der Waals surface area contributed by atoms with Gasteiger partial charge in [-0.1, -0.05) is 15.9 Å². The lowest BCUT2D eigenvalue weighted by atomic mass is 10.1. The number of hydrogen-bond acceptors (Lipinski definition) is 5. The summed E-state index contributed by atoms with van der Waals surface area (Å²) in [7, 11) is 1.51. The zero-order chi connectivity index (χ0) is 20.2. The van der Waals surface area contributed by atoms with Gasteiger partial charge in [0, 0.05) is 19.9 Å². The van der Waals surface area contributed by atoms with E-state index in [-0.39, 0.29) is 30.6 Å². The van der Waals surface area contributed by atoms with Gasteiger partial charge in [0.2, 0.25) is 17.7 Å². The highest BCUT2D eigenvalue weighted by molar-refractivity contribution is 14.2. The van der Waals surface area contributed by atoms with Crippen LogP contribution in [0.3, 0.4) is 0 Å². The van der Waals surface area contributed by atoms with E-state index in [1.54, 1.807) is 0 Å². The van der Waals surface area contributed by atoms with Gasteiger partial charge in [-0.25, -0.2) is 0 Å². The van der Waals surface area contributed by atoms with Crippen LogP contribution >= 0.6 is 30.1 Å². The summed E-state index contributed by atoms with van der Waals surface area (Å²) in [5.74, 6) is -1.80. The van der Waals surface area contributed by atoms with Crippen LogP contribution < -0.4 is 16.0 Å². The summed E-state index contributed by atoms with van der Waals surface area (Å²) in [6, 6.07) is -0.621. The van der Waals surface area contributed by atoms with E-state index in [2.05, 4.69) is 37.2 Å². The van der Waals surface area contributed by atoms with Gasteiger partial charge in [0.25, 0.3) is 0 Å². The van der Waals surface area contributed by atoms with Crippen LogP contribution in [0.25, 0.3) is 0 Å². The molecule has 0 rings (SSSR count). The first kappa shape index (κ1) is 25.0. The third-order valence-electron chi connectivity index (χ3n) is 3.73. The minimum atomic E-state index is -1.01. The summed E-state index contributed by atoms with van der Waals surface area (Å²) in [4.78, 5) is 45.3. The Bertz CT molecular complexity index is 500. The van der Waals surface area contributed by atoms with Crippen LogP contribution in [0, 0.1) is 0 Å². The van der Waals surface area contributed by atoms with Crippen molar-refractivity contribution >= 4 is 53.8 Å². The van der Waals surface area contributed by atoms with E-state index < -0.39 is 16.9 Å². The molecule has 0 radical (unpaired) electrons. The van der Waals surface area contributed by atoms with E-state index in [0.717, 1.165) is 6.42 Å². The minimum absolute atomic E-state index is 0.0458. The van der Waals surface area contributed by atoms with Gasteiger partial charge in [-0.3, -0.25) is 19.2 Å². The molecule has 8 nitrogen and oxygen atoms in total. The van der Waals surface area contributed by atoms with Crippen LogP contribution in [-0.2, 0) is 19.2 Å². The van der Waals surface area contributed by atoms with E-state index in [1.165, 1.54) is 15.9 Å². The van der Waals surface area contributed by atoms with Gasteiger partial charge in [0.15, 0.2) is 0 Å². The molecule has 1 unspecified atom stereocenters. The van der Waals surface area contributed by atoms with Crippen molar-refractivity contribution in [3.63, 3.8) is 0 Å². The van der Waals surface area contributed by atoms with Crippen molar-refractivity contribution in [3.8, 4) is 0 Å². The predicted molar refractivity (Wildman–Crippen MR) is 110 cm³/mol. The maximum Gasteiger partial charge on any atom is 0.303 e. The fourth-order valence-corrected chi connectivity index (χ4v) is 3.55. The van der Waals surface area contributed by atoms with E-state index in [4.69, 9.17) is 5.11 Å². The molecular formula is C16H28IN3O5S. The fraction of sp³-hybridized carbons (Fsp3) is 0.750. The summed E-state index contributed by atoms with van der Waals surface area (Å²) in [6.45, 7) is 5.68. The predicted octanol–water partition coefficient (Wildman–Crippen LogP) is 1.97. The van der Waals surface area contributed by atoms with E-state index in [1.807, 2.05) is 13.8 Å². The molecule has 0 saturated heterocycles. The number of aliphatic carboxylic acids is 1. The third kappa shape index (κ3) is 11.6. The molecule has 0 bridgehead atoms. The second-order valence-electron chi connectivity index (χ2n) is 6.14. The Kier molecular flexibility index (Phi) is 12.7. The summed E-state index contributed by atoms with van der Waals surface area (Å²) in [5.41, 5.74) is 0. The molecule has 150 valence electrons. The van der Waals surface area contributed by atoms with Crippen LogP contribution in [0.4, 0.5) is 0 Å². The highest BCUT2D eigenvalue weighted by Gasteiger charge is 2.28. The summed E-state index contributed by atoms with van der Waals surface area (Å²) < 4.78 is 0. The zero-order valence-electron chi connectivity index (χ0n) is 15.4. The number of rotatable bonds is 13. The highest BCUT2D eigenvalue weighted by atomic mass is 127. The van der Waals surface area contributed by atoms with Crippen molar-refractivity contribution in [2.45, 2.75) is 70.2 Å². The van der Waals surface area contributed by atoms with Gasteiger partial charge in [0.05, 0.1) is 11.3 Å². The first-order chi connectivity index (χ1) is 12.1. The fourth-order valence-electron chi connectivity index (χ4n) is 2.03. The third-order valence-corrected chi connectivity index (χ3v) is 7.38. The van der Waals surface area contributed by atoms with Crippen molar-refractivity contribution < 1.29 is 24.3 Å². The molecule has 4 N–H and O–H groups in total. The molecule has 0 aliphatic heterocycles. The molecule has 26 heavy (non-hydrogen) atoms. The Labute approximate surface area is 170 Å². The Morgan fingerprint density at radius 3 is 2.35 bits per heavy atom. The topological polar surface area (TPSA) is 125 Å². The summed E-state index contributed by atoms with van der Waals surface area (Å²) >= 11 is 2.14. The number of halogens is 1. The monoisotopic (exact) mass is 501 g/mol. The molecule has 0 saturated carbocycles. The van der Waals surface area contributed by atoms with Crippen molar-refractivity contribution in [3.05, 3.63) is 0 Å². The molecule has 10 heteroatoms. The van der Waals surface area contributed by atoms with Crippen LogP contribution in [0.15, 0.2) is 0 Å². The van der Waals surface area contributed by atoms with Gasteiger partial charge in [-0.2, -0.15) is 0 Å². The standard InChI is InChI=1S/C16H28IN3O5S/c1-4-16(3,26-17)20-15(25)12(19-11(2)21)7-5-6-10-18-13(22)8-9-14(23)24/h12H,4-10H2,1-3H3,(H,18,22)(H,19,21)(H,20,25)(H,23,24)/t12-,16?/m0/s1. The van der Waals surface area contributed by atoms with Crippen LogP contribution in [0.2, 0.25) is 0 Å². The molecule has 0 aromatic rings. The molecule has 0 fully saturated rings. The number of carboxylic acids is 1. The van der Waals surface area contributed by atoms with Crippen molar-refractivity contribution in [2.75, 3.05) is 6.54 Å². The average molecular weight is 501 g/mol. The zero-order valence-corrected chi connectivity index (χ0v) is 18.4. The number of hydrogen-bond donors (Lipinski definition) is 4. The lowest BCUT2D eigenvalue weighted by molar-refractivity contribution is -0.138. The second-order valence-corrected chi connectivity index (χ2v) is 8.52. The average Bonchev–Trinajstić information content (AvgIpc) is 2.57. The Morgan fingerprint density at radius 2 is 1.85 bits per heavy atom. The smallest absolute Gasteiger partial charge is 0.303 e. The molecule has 0 spiro atoms. The normalized spacial score (nSPS) is 14.0. The number of carboxylic acid groups (broad SMARTS) is 1. The number of nitrogens with one attached hydrogen (secondary N) is 3. The largest absolute Gasteiger partial charge is 0.481 e. The van der Waals surface area contributed by atoms with E-state index >= 15 is 0 Å². The van der Waals surface area contributed by atoms with Crippen LogP contribution in [-0.4, -0.2) is 46.3 Å². The molecule has 0 aliphatic rings. The van der Waals surface area contributed by atoms with Gasteiger partial charge in [-0.05, 0) is 53.8 Å². The van der Waals surface area contributed by atoms with Crippen LogP contribution in [0.1, 0.15) is 59.3 Å². The SMILES string of the molecule is CCC(C)(NC(=O)[C@H](CCCCNC(=O)CCC(=O)O)NC(C)=O)SI. The maximum atomic E-state index is 12.5. The quantitative estimate of drug-likeness (QED) is 0.174. The van der Waals surface area contributed by atoms with E-state index in [9.17, 15) is 19.2 Å². The summed E-state index contributed by atoms with van der Waals surface area (Å²) in [6.07, 6.45) is 2.24. The van der Waals surface area contributed by atoms with Gasteiger partial charge >= 0.3 is 5.97 Å². The second kappa shape index (κ2) is 13.2. The molecule has 0 aromatic heterocycles. The lowest BCUT2D eigenvalue weighted by Crippen LogP contribution is -2.52. The molecule has 0 heterocycles. The molecule has 3 amide bonds. The van der Waals surface area contributed by atoms with Crippen molar-refractivity contribution in [2.24, 2.45) is 0 Å². The van der Waals surface area contributed by atoms with Crippen LogP contribution in [0.5, 0.6) is 0 Å². The highest BCUT2D eigenvalue weighted by Crippen LogP contribution is 2.31. The van der Waals surface area contributed by atoms with Crippen molar-refractivity contribution in [1.29, 1.82) is 0 Å². The van der Waals surface area contributed by atoms with Gasteiger partial charge in [0.1, 0.15) is 6.04 Å². The molecule has 2 atom stereocenters. The van der Waals surface area contributed by atoms with E-state index in [0.29, 0.717) is 25.8 Å². The van der Waals surface area contributed by atoms with Gasteiger partial charge < -0.3 is 21.1 Å². The number of carbonyl (C=O) groups is 4.